The van der Waals surface area contributed by atoms with Gasteiger partial charge in [0.1, 0.15) is 6.54 Å². The number of carbonyl (C=O) groups is 2. The fourth-order valence-corrected chi connectivity index (χ4v) is 1.51. The number of carboxylic acid groups (broad SMARTS) is 1. The lowest BCUT2D eigenvalue weighted by Crippen LogP contribution is -2.43. The van der Waals surface area contributed by atoms with Crippen LogP contribution >= 0.6 is 0 Å². The average Bonchev–Trinajstić information content (AvgIpc) is 2.86. The zero-order valence-electron chi connectivity index (χ0n) is 9.19. The molecule has 0 aliphatic heterocycles. The molecule has 1 saturated carbocycles. The molecule has 1 rings (SSSR count). The Labute approximate surface area is 89.4 Å². The Kier molecular flexibility index (Phi) is 3.94. The van der Waals surface area contributed by atoms with Crippen molar-refractivity contribution in [3.8, 4) is 0 Å². The van der Waals surface area contributed by atoms with Gasteiger partial charge in [-0.2, -0.15) is 0 Å². The molecule has 5 heteroatoms. The summed E-state index contributed by atoms with van der Waals surface area (Å²) in [5.41, 5.74) is 0. The Morgan fingerprint density at radius 3 is 2.60 bits per heavy atom. The molecule has 86 valence electrons. The van der Waals surface area contributed by atoms with Crippen molar-refractivity contribution >= 4 is 12.0 Å². The van der Waals surface area contributed by atoms with Crippen LogP contribution in [0.1, 0.15) is 26.2 Å². The first-order valence-corrected chi connectivity index (χ1v) is 5.22. The highest BCUT2D eigenvalue weighted by molar-refractivity contribution is 5.79. The molecule has 1 unspecified atom stereocenters. The van der Waals surface area contributed by atoms with Gasteiger partial charge in [0, 0.05) is 13.1 Å². The second-order valence-electron chi connectivity index (χ2n) is 4.28. The summed E-state index contributed by atoms with van der Waals surface area (Å²) in [6.45, 7) is 1.69. The van der Waals surface area contributed by atoms with E-state index in [2.05, 4.69) is 5.32 Å². The number of aliphatic carboxylic acids is 1. The van der Waals surface area contributed by atoms with Crippen LogP contribution in [0.15, 0.2) is 0 Å². The maximum Gasteiger partial charge on any atom is 0.323 e. The maximum atomic E-state index is 11.4. The van der Waals surface area contributed by atoms with Gasteiger partial charge in [0.2, 0.25) is 0 Å². The topological polar surface area (TPSA) is 69.6 Å². The summed E-state index contributed by atoms with van der Waals surface area (Å²) in [6, 6.07) is -0.188. The first-order chi connectivity index (χ1) is 6.99. The molecule has 0 aromatic heterocycles. The average molecular weight is 214 g/mol. The highest BCUT2D eigenvalue weighted by Gasteiger charge is 2.24. The molecule has 2 amide bonds. The minimum atomic E-state index is -0.998. The van der Waals surface area contributed by atoms with Crippen molar-refractivity contribution in [1.29, 1.82) is 0 Å². The van der Waals surface area contributed by atoms with Gasteiger partial charge in [-0.3, -0.25) is 4.79 Å². The Morgan fingerprint density at radius 1 is 1.53 bits per heavy atom. The quantitative estimate of drug-likeness (QED) is 0.714. The second-order valence-corrected chi connectivity index (χ2v) is 4.28. The summed E-state index contributed by atoms with van der Waals surface area (Å²) < 4.78 is 0. The maximum absolute atomic E-state index is 11.4. The number of nitrogens with one attached hydrogen (secondary N) is 1. The van der Waals surface area contributed by atoms with Crippen molar-refractivity contribution in [3.63, 3.8) is 0 Å². The molecule has 0 heterocycles. The van der Waals surface area contributed by atoms with Gasteiger partial charge in [-0.25, -0.2) is 4.79 Å². The Balaban J connectivity index is 2.23. The van der Waals surface area contributed by atoms with E-state index in [4.69, 9.17) is 5.11 Å². The number of rotatable bonds is 5. The normalized spacial score (nSPS) is 16.9. The summed E-state index contributed by atoms with van der Waals surface area (Å²) in [5.74, 6) is -0.243. The largest absolute Gasteiger partial charge is 0.480 e. The molecule has 0 saturated heterocycles. The first kappa shape index (κ1) is 11.8. The molecular weight excluding hydrogens is 196 g/mol. The van der Waals surface area contributed by atoms with Crippen LogP contribution in [0.4, 0.5) is 4.79 Å². The summed E-state index contributed by atoms with van der Waals surface area (Å²) >= 11 is 0. The van der Waals surface area contributed by atoms with Gasteiger partial charge in [-0.15, -0.1) is 0 Å². The lowest BCUT2D eigenvalue weighted by atomic mass is 10.2. The zero-order valence-corrected chi connectivity index (χ0v) is 9.19. The second kappa shape index (κ2) is 5.00. The molecule has 0 aromatic rings. The number of nitrogens with zero attached hydrogens (tertiary/aromatic N) is 1. The highest BCUT2D eigenvalue weighted by atomic mass is 16.4. The van der Waals surface area contributed by atoms with Crippen molar-refractivity contribution in [2.75, 3.05) is 13.6 Å². The fraction of sp³-hybridized carbons (Fsp3) is 0.800. The summed E-state index contributed by atoms with van der Waals surface area (Å²) in [5, 5.41) is 11.3. The van der Waals surface area contributed by atoms with E-state index in [0.29, 0.717) is 0 Å². The Hall–Kier alpha value is -1.26. The van der Waals surface area contributed by atoms with E-state index in [1.165, 1.54) is 24.8 Å². The Morgan fingerprint density at radius 2 is 2.13 bits per heavy atom. The lowest BCUT2D eigenvalue weighted by molar-refractivity contribution is -0.137. The van der Waals surface area contributed by atoms with Gasteiger partial charge in [-0.1, -0.05) is 12.8 Å². The monoisotopic (exact) mass is 214 g/mol. The fourth-order valence-electron chi connectivity index (χ4n) is 1.51. The van der Waals surface area contributed by atoms with E-state index in [-0.39, 0.29) is 18.6 Å². The molecule has 1 aliphatic carbocycles. The number of hydrogen-bond donors (Lipinski definition) is 2. The summed E-state index contributed by atoms with van der Waals surface area (Å²) in [6.07, 6.45) is 3.50. The minimum absolute atomic E-state index is 0.126. The van der Waals surface area contributed by atoms with Gasteiger partial charge in [-0.05, 0) is 19.3 Å². The van der Waals surface area contributed by atoms with E-state index in [0.717, 1.165) is 12.3 Å². The summed E-state index contributed by atoms with van der Waals surface area (Å²) in [7, 11) is 1.48. The SMILES string of the molecule is CC(CC1CC1)NC(=O)N(C)CC(=O)O. The number of carboxylic acids is 1. The van der Waals surface area contributed by atoms with E-state index in [9.17, 15) is 9.59 Å². The van der Waals surface area contributed by atoms with Crippen molar-refractivity contribution in [3.05, 3.63) is 0 Å². The van der Waals surface area contributed by atoms with Crippen molar-refractivity contribution < 1.29 is 14.7 Å². The van der Waals surface area contributed by atoms with Crippen LogP contribution < -0.4 is 5.32 Å². The lowest BCUT2D eigenvalue weighted by Gasteiger charge is -2.19. The third-order valence-electron chi connectivity index (χ3n) is 2.47. The standard InChI is InChI=1S/C10H18N2O3/c1-7(5-8-3-4-8)11-10(15)12(2)6-9(13)14/h7-8H,3-6H2,1-2H3,(H,11,15)(H,13,14). The van der Waals surface area contributed by atoms with Gasteiger partial charge in [0.05, 0.1) is 0 Å². The molecule has 5 nitrogen and oxygen atoms in total. The van der Waals surface area contributed by atoms with E-state index in [1.807, 2.05) is 6.92 Å². The number of likely N-dealkylation sites (N-methyl/N-ethyl adjacent to an activating group) is 1. The van der Waals surface area contributed by atoms with E-state index < -0.39 is 5.97 Å². The molecular formula is C10H18N2O3. The third-order valence-corrected chi connectivity index (χ3v) is 2.47. The Bertz CT molecular complexity index is 251. The van der Waals surface area contributed by atoms with Crippen LogP contribution in [0.2, 0.25) is 0 Å². The van der Waals surface area contributed by atoms with Crippen molar-refractivity contribution in [1.82, 2.24) is 10.2 Å². The minimum Gasteiger partial charge on any atom is -0.480 e. The highest BCUT2D eigenvalue weighted by Crippen LogP contribution is 2.33. The molecule has 0 aromatic carbocycles. The number of carbonyl (C=O) groups excluding carboxylic acids is 1. The van der Waals surface area contributed by atoms with Gasteiger partial charge >= 0.3 is 12.0 Å². The van der Waals surface area contributed by atoms with Crippen molar-refractivity contribution in [2.24, 2.45) is 5.92 Å². The van der Waals surface area contributed by atoms with Gasteiger partial charge in [0.25, 0.3) is 0 Å². The molecule has 0 spiro atoms. The van der Waals surface area contributed by atoms with Gasteiger partial charge in [0.15, 0.2) is 0 Å². The number of urea groups is 1. The molecule has 0 radical (unpaired) electrons. The first-order valence-electron chi connectivity index (χ1n) is 5.22. The van der Waals surface area contributed by atoms with Crippen LogP contribution in [0.25, 0.3) is 0 Å². The zero-order chi connectivity index (χ0) is 11.4. The van der Waals surface area contributed by atoms with E-state index in [1.54, 1.807) is 0 Å². The molecule has 15 heavy (non-hydrogen) atoms. The van der Waals surface area contributed by atoms with Crippen LogP contribution in [-0.2, 0) is 4.79 Å². The molecule has 1 fully saturated rings. The molecule has 1 aliphatic rings. The molecule has 1 atom stereocenters. The third kappa shape index (κ3) is 4.67. The predicted molar refractivity (Wildman–Crippen MR) is 55.6 cm³/mol. The van der Waals surface area contributed by atoms with Crippen LogP contribution in [0, 0.1) is 5.92 Å². The number of hydrogen-bond acceptors (Lipinski definition) is 2. The van der Waals surface area contributed by atoms with Crippen molar-refractivity contribution in [2.45, 2.75) is 32.2 Å². The molecule has 0 bridgehead atoms. The summed E-state index contributed by atoms with van der Waals surface area (Å²) in [4.78, 5) is 23.0. The molecule has 2 N–H and O–H groups in total. The van der Waals surface area contributed by atoms with Crippen LogP contribution in [0.5, 0.6) is 0 Å². The van der Waals surface area contributed by atoms with Crippen LogP contribution in [-0.4, -0.2) is 41.6 Å². The van der Waals surface area contributed by atoms with Crippen LogP contribution in [0.3, 0.4) is 0 Å². The smallest absolute Gasteiger partial charge is 0.323 e. The predicted octanol–water partition coefficient (Wildman–Crippen LogP) is 0.901. The van der Waals surface area contributed by atoms with Gasteiger partial charge < -0.3 is 15.3 Å². The number of amides is 2. The van der Waals surface area contributed by atoms with E-state index >= 15 is 0 Å².